The molecule has 0 fully saturated rings. The van der Waals surface area contributed by atoms with Gasteiger partial charge in [-0.05, 0) is 17.7 Å². The van der Waals surface area contributed by atoms with Gasteiger partial charge in [0.1, 0.15) is 0 Å². The van der Waals surface area contributed by atoms with Crippen molar-refractivity contribution in [1.29, 1.82) is 0 Å². The Hall–Kier alpha value is -2.07. The number of pyridine rings is 1. The summed E-state index contributed by atoms with van der Waals surface area (Å²) in [5.74, 6) is 0.864. The second-order valence-corrected chi connectivity index (χ2v) is 4.26. The fourth-order valence-electron chi connectivity index (χ4n) is 2.03. The Balaban J connectivity index is 2.24. The van der Waals surface area contributed by atoms with E-state index in [1.54, 1.807) is 6.20 Å². The van der Waals surface area contributed by atoms with Crippen LogP contribution in [0.2, 0.25) is 0 Å². The molecule has 0 unspecified atom stereocenters. The number of nitrogens with zero attached hydrogens (tertiary/aromatic N) is 2. The molecule has 0 aliphatic carbocycles. The van der Waals surface area contributed by atoms with Crippen molar-refractivity contribution in [2.75, 3.05) is 30.4 Å². The molecule has 100 valence electrons. The van der Waals surface area contributed by atoms with Crippen LogP contribution in [0.3, 0.4) is 0 Å². The summed E-state index contributed by atoms with van der Waals surface area (Å²) in [6, 6.07) is 14.1. The minimum absolute atomic E-state index is 0.104. The molecule has 1 heterocycles. The number of anilines is 2. The molecule has 0 saturated heterocycles. The number of aliphatic hydroxyl groups is 1. The van der Waals surface area contributed by atoms with Crippen LogP contribution in [-0.2, 0) is 6.54 Å². The molecule has 0 radical (unpaired) electrons. The molecule has 4 heteroatoms. The molecule has 1 aromatic carbocycles. The maximum atomic E-state index is 9.25. The summed E-state index contributed by atoms with van der Waals surface area (Å²) >= 11 is 0. The van der Waals surface area contributed by atoms with Gasteiger partial charge in [0.25, 0.3) is 0 Å². The highest BCUT2D eigenvalue weighted by Crippen LogP contribution is 2.23. The zero-order chi connectivity index (χ0) is 13.5. The van der Waals surface area contributed by atoms with E-state index in [1.165, 1.54) is 5.56 Å². The average Bonchev–Trinajstić information content (AvgIpc) is 2.48. The minimum Gasteiger partial charge on any atom is -0.395 e. The van der Waals surface area contributed by atoms with E-state index in [0.717, 1.165) is 18.1 Å². The van der Waals surface area contributed by atoms with Gasteiger partial charge in [-0.2, -0.15) is 0 Å². The molecule has 19 heavy (non-hydrogen) atoms. The molecule has 0 aliphatic rings. The third-order valence-corrected chi connectivity index (χ3v) is 2.94. The van der Waals surface area contributed by atoms with E-state index in [9.17, 15) is 5.11 Å². The van der Waals surface area contributed by atoms with Crippen molar-refractivity contribution in [3.05, 3.63) is 54.2 Å². The summed E-state index contributed by atoms with van der Waals surface area (Å²) in [6.45, 7) is 1.39. The predicted octanol–water partition coefficient (Wildman–Crippen LogP) is 2.12. The van der Waals surface area contributed by atoms with Gasteiger partial charge in [0.05, 0.1) is 12.3 Å². The third kappa shape index (κ3) is 3.45. The van der Waals surface area contributed by atoms with Crippen LogP contribution in [0.4, 0.5) is 11.5 Å². The Bertz CT molecular complexity index is 502. The van der Waals surface area contributed by atoms with Gasteiger partial charge in [-0.15, -0.1) is 0 Å². The Labute approximate surface area is 113 Å². The lowest BCUT2D eigenvalue weighted by atomic mass is 10.2. The molecule has 0 amide bonds. The SMILES string of the molecule is CNc1cccnc1N(CCO)Cc1ccccc1. The molecule has 2 N–H and O–H groups in total. The quantitative estimate of drug-likeness (QED) is 0.832. The van der Waals surface area contributed by atoms with E-state index in [1.807, 2.05) is 37.4 Å². The van der Waals surface area contributed by atoms with Gasteiger partial charge in [0.15, 0.2) is 5.82 Å². The summed E-state index contributed by atoms with van der Waals surface area (Å²) in [6.07, 6.45) is 1.77. The number of nitrogens with one attached hydrogen (secondary N) is 1. The topological polar surface area (TPSA) is 48.4 Å². The molecule has 0 atom stereocenters. The van der Waals surface area contributed by atoms with Gasteiger partial charge in [-0.25, -0.2) is 4.98 Å². The molecule has 4 nitrogen and oxygen atoms in total. The summed E-state index contributed by atoms with van der Waals surface area (Å²) in [4.78, 5) is 6.49. The maximum Gasteiger partial charge on any atom is 0.152 e. The van der Waals surface area contributed by atoms with E-state index in [0.29, 0.717) is 6.54 Å². The second kappa shape index (κ2) is 6.75. The second-order valence-electron chi connectivity index (χ2n) is 4.26. The average molecular weight is 257 g/mol. The van der Waals surface area contributed by atoms with E-state index in [4.69, 9.17) is 0 Å². The fourth-order valence-corrected chi connectivity index (χ4v) is 2.03. The van der Waals surface area contributed by atoms with E-state index in [2.05, 4.69) is 27.3 Å². The number of aromatic nitrogens is 1. The first kappa shape index (κ1) is 13.4. The van der Waals surface area contributed by atoms with Crippen LogP contribution in [0.5, 0.6) is 0 Å². The third-order valence-electron chi connectivity index (χ3n) is 2.94. The highest BCUT2D eigenvalue weighted by Gasteiger charge is 2.11. The zero-order valence-corrected chi connectivity index (χ0v) is 11.1. The lowest BCUT2D eigenvalue weighted by molar-refractivity contribution is 0.301. The van der Waals surface area contributed by atoms with Gasteiger partial charge in [0, 0.05) is 26.3 Å². The van der Waals surface area contributed by atoms with Gasteiger partial charge in [-0.1, -0.05) is 30.3 Å². The summed E-state index contributed by atoms with van der Waals surface area (Å²) in [7, 11) is 1.88. The minimum atomic E-state index is 0.104. The Kier molecular flexibility index (Phi) is 4.75. The smallest absolute Gasteiger partial charge is 0.152 e. The molecule has 1 aromatic heterocycles. The number of benzene rings is 1. The number of aliphatic hydroxyl groups excluding tert-OH is 1. The standard InChI is InChI=1S/C15H19N3O/c1-16-14-8-5-9-17-15(14)18(10-11-19)12-13-6-3-2-4-7-13/h2-9,16,19H,10-12H2,1H3. The first-order chi connectivity index (χ1) is 9.35. The Morgan fingerprint density at radius 2 is 1.95 bits per heavy atom. The summed E-state index contributed by atoms with van der Waals surface area (Å²) in [5, 5.41) is 12.4. The monoisotopic (exact) mass is 257 g/mol. The summed E-state index contributed by atoms with van der Waals surface area (Å²) in [5.41, 5.74) is 2.16. The van der Waals surface area contributed by atoms with Crippen LogP contribution in [0.1, 0.15) is 5.56 Å². The molecular formula is C15H19N3O. The van der Waals surface area contributed by atoms with Crippen molar-refractivity contribution in [1.82, 2.24) is 4.98 Å². The lowest BCUT2D eigenvalue weighted by Gasteiger charge is -2.25. The van der Waals surface area contributed by atoms with Crippen LogP contribution in [0.15, 0.2) is 48.7 Å². The molecule has 0 aliphatic heterocycles. The van der Waals surface area contributed by atoms with E-state index >= 15 is 0 Å². The van der Waals surface area contributed by atoms with Crippen LogP contribution < -0.4 is 10.2 Å². The first-order valence-corrected chi connectivity index (χ1v) is 6.37. The Morgan fingerprint density at radius 1 is 1.16 bits per heavy atom. The van der Waals surface area contributed by atoms with E-state index in [-0.39, 0.29) is 6.61 Å². The van der Waals surface area contributed by atoms with Crippen LogP contribution in [-0.4, -0.2) is 30.3 Å². The lowest BCUT2D eigenvalue weighted by Crippen LogP contribution is -2.27. The number of rotatable bonds is 6. The predicted molar refractivity (Wildman–Crippen MR) is 78.4 cm³/mol. The highest BCUT2D eigenvalue weighted by molar-refractivity contribution is 5.65. The van der Waals surface area contributed by atoms with Gasteiger partial charge in [0.2, 0.25) is 0 Å². The number of hydrogen-bond acceptors (Lipinski definition) is 4. The highest BCUT2D eigenvalue weighted by atomic mass is 16.3. The van der Waals surface area contributed by atoms with Crippen molar-refractivity contribution < 1.29 is 5.11 Å². The van der Waals surface area contributed by atoms with Crippen molar-refractivity contribution in [2.24, 2.45) is 0 Å². The number of hydrogen-bond donors (Lipinski definition) is 2. The zero-order valence-electron chi connectivity index (χ0n) is 11.1. The van der Waals surface area contributed by atoms with Crippen molar-refractivity contribution in [2.45, 2.75) is 6.54 Å². The largest absolute Gasteiger partial charge is 0.395 e. The normalized spacial score (nSPS) is 10.2. The molecule has 0 bridgehead atoms. The van der Waals surface area contributed by atoms with Crippen LogP contribution in [0.25, 0.3) is 0 Å². The van der Waals surface area contributed by atoms with Crippen molar-refractivity contribution >= 4 is 11.5 Å². The molecule has 0 saturated carbocycles. The molecule has 0 spiro atoms. The van der Waals surface area contributed by atoms with Gasteiger partial charge >= 0.3 is 0 Å². The maximum absolute atomic E-state index is 9.25. The molecule has 2 aromatic rings. The van der Waals surface area contributed by atoms with Crippen molar-refractivity contribution in [3.63, 3.8) is 0 Å². The van der Waals surface area contributed by atoms with E-state index < -0.39 is 0 Å². The Morgan fingerprint density at radius 3 is 2.63 bits per heavy atom. The van der Waals surface area contributed by atoms with Crippen LogP contribution in [0, 0.1) is 0 Å². The molecule has 2 rings (SSSR count). The first-order valence-electron chi connectivity index (χ1n) is 6.37. The van der Waals surface area contributed by atoms with Crippen molar-refractivity contribution in [3.8, 4) is 0 Å². The van der Waals surface area contributed by atoms with Gasteiger partial charge in [-0.3, -0.25) is 0 Å². The molecular weight excluding hydrogens is 238 g/mol. The summed E-state index contributed by atoms with van der Waals surface area (Å²) < 4.78 is 0. The van der Waals surface area contributed by atoms with Crippen LogP contribution >= 0.6 is 0 Å². The van der Waals surface area contributed by atoms with Gasteiger partial charge < -0.3 is 15.3 Å². The fraction of sp³-hybridized carbons (Fsp3) is 0.267.